The fourth-order valence-electron chi connectivity index (χ4n) is 4.39. The van der Waals surface area contributed by atoms with E-state index in [9.17, 15) is 28.2 Å². The van der Waals surface area contributed by atoms with Gasteiger partial charge in [0.1, 0.15) is 5.75 Å². The largest absolute Gasteiger partial charge is 0.506 e. The minimum Gasteiger partial charge on any atom is -0.506 e. The molecule has 3 aromatic rings. The summed E-state index contributed by atoms with van der Waals surface area (Å²) in [6.45, 7) is 3.53. The molecule has 1 heterocycles. The van der Waals surface area contributed by atoms with Crippen LogP contribution in [0.15, 0.2) is 58.2 Å². The molecule has 0 aliphatic carbocycles. The topological polar surface area (TPSA) is 167 Å². The normalized spacial score (nSPS) is 12.4. The van der Waals surface area contributed by atoms with E-state index in [0.717, 1.165) is 57.6 Å². The number of phenolic OH excluding ortho intramolecular Hbond substituents is 1. The second-order valence-electron chi connectivity index (χ2n) is 9.82. The maximum atomic E-state index is 12.2. The first-order valence-corrected chi connectivity index (χ1v) is 15.3. The summed E-state index contributed by atoms with van der Waals surface area (Å²) in [5.74, 6) is -0.769. The van der Waals surface area contributed by atoms with Gasteiger partial charge in [-0.25, -0.2) is 8.42 Å². The van der Waals surface area contributed by atoms with Gasteiger partial charge in [-0.2, -0.15) is 0 Å². The summed E-state index contributed by atoms with van der Waals surface area (Å²) in [7, 11) is -3.92. The molecule has 0 unspecified atom stereocenters. The van der Waals surface area contributed by atoms with Crippen molar-refractivity contribution in [2.24, 2.45) is 0 Å². The third-order valence-corrected chi connectivity index (χ3v) is 7.68. The minimum absolute atomic E-state index is 0.0271. The zero-order valence-electron chi connectivity index (χ0n) is 23.2. The summed E-state index contributed by atoms with van der Waals surface area (Å²) < 4.78 is 30.0. The predicted octanol–water partition coefficient (Wildman–Crippen LogP) is 3.21. The number of carbonyl (C=O) groups excluding carboxylic acids is 1. The maximum absolute atomic E-state index is 12.2. The van der Waals surface area contributed by atoms with Gasteiger partial charge in [-0.1, -0.05) is 37.5 Å². The van der Waals surface area contributed by atoms with E-state index < -0.39 is 22.1 Å². The molecule has 12 heteroatoms. The second kappa shape index (κ2) is 16.2. The van der Waals surface area contributed by atoms with Crippen molar-refractivity contribution < 1.29 is 33.0 Å². The number of aliphatic hydroxyl groups is 1. The van der Waals surface area contributed by atoms with Gasteiger partial charge in [0.05, 0.1) is 16.5 Å². The van der Waals surface area contributed by atoms with Crippen LogP contribution < -0.4 is 15.8 Å². The van der Waals surface area contributed by atoms with Crippen molar-refractivity contribution in [1.82, 2.24) is 15.2 Å². The van der Waals surface area contributed by atoms with Crippen LogP contribution in [0.2, 0.25) is 0 Å². The Bertz CT molecular complexity index is 1440. The van der Waals surface area contributed by atoms with E-state index in [1.54, 1.807) is 29.2 Å². The fourth-order valence-corrected chi connectivity index (χ4v) is 5.28. The number of carbonyl (C=O) groups is 1. The predicted molar refractivity (Wildman–Crippen MR) is 155 cm³/mol. The van der Waals surface area contributed by atoms with E-state index in [2.05, 4.69) is 15.1 Å². The zero-order valence-corrected chi connectivity index (χ0v) is 24.0. The Kier molecular flexibility index (Phi) is 12.8. The molecule has 41 heavy (non-hydrogen) atoms. The van der Waals surface area contributed by atoms with E-state index >= 15 is 0 Å². The molecule has 0 radical (unpaired) electrons. The number of hydrogen-bond acceptors (Lipinski definition) is 9. The van der Waals surface area contributed by atoms with Crippen LogP contribution >= 0.6 is 0 Å². The highest BCUT2D eigenvalue weighted by Gasteiger charge is 2.16. The van der Waals surface area contributed by atoms with Crippen LogP contribution in [-0.2, 0) is 30.8 Å². The monoisotopic (exact) mass is 589 g/mol. The summed E-state index contributed by atoms with van der Waals surface area (Å²) >= 11 is 0. The van der Waals surface area contributed by atoms with Crippen molar-refractivity contribution in [2.45, 2.75) is 62.9 Å². The Hall–Kier alpha value is -3.29. The van der Waals surface area contributed by atoms with Crippen LogP contribution in [0.5, 0.6) is 5.75 Å². The Balaban J connectivity index is 1.21. The molecule has 0 fully saturated rings. The second-order valence-corrected chi connectivity index (χ2v) is 11.5. The van der Waals surface area contributed by atoms with Gasteiger partial charge in [0.25, 0.3) is 10.0 Å². The van der Waals surface area contributed by atoms with Crippen molar-refractivity contribution in [1.29, 1.82) is 0 Å². The number of ether oxygens (including phenoxy) is 1. The highest BCUT2D eigenvalue weighted by Crippen LogP contribution is 2.28. The Morgan fingerprint density at radius 3 is 2.56 bits per heavy atom. The number of sulfonamides is 1. The molecule has 0 aliphatic heterocycles. The summed E-state index contributed by atoms with van der Waals surface area (Å²) in [6.07, 6.45) is 5.85. The van der Waals surface area contributed by atoms with Gasteiger partial charge < -0.3 is 30.1 Å². The molecule has 0 saturated heterocycles. The summed E-state index contributed by atoms with van der Waals surface area (Å²) in [5, 5.41) is 24.5. The molecule has 1 aromatic heterocycles. The van der Waals surface area contributed by atoms with Crippen molar-refractivity contribution in [2.75, 3.05) is 26.3 Å². The lowest BCUT2D eigenvalue weighted by Gasteiger charge is -2.15. The third kappa shape index (κ3) is 10.6. The molecule has 3 rings (SSSR count). The lowest BCUT2D eigenvalue weighted by atomic mass is 10.0. The SMILES string of the molecule is CC(=O)ONS(=O)(=O)c1cccc(CCCOCCCCCCCNC[C@@H](O)c2ccc(O)c3[nH]c(=O)ccc23)c1. The molecular formula is C29H39N3O8S. The first-order valence-electron chi connectivity index (χ1n) is 13.8. The zero-order chi connectivity index (χ0) is 29.7. The molecule has 11 nitrogen and oxygen atoms in total. The average Bonchev–Trinajstić information content (AvgIpc) is 2.95. The van der Waals surface area contributed by atoms with E-state index in [4.69, 9.17) is 4.74 Å². The molecular weight excluding hydrogens is 550 g/mol. The summed E-state index contributed by atoms with van der Waals surface area (Å²) in [4.78, 5) is 31.2. The molecule has 0 amide bonds. The number of benzene rings is 2. The molecule has 2 aromatic carbocycles. The van der Waals surface area contributed by atoms with Gasteiger partial charge in [0.2, 0.25) is 5.56 Å². The summed E-state index contributed by atoms with van der Waals surface area (Å²) in [5.41, 5.74) is 1.52. The highest BCUT2D eigenvalue weighted by atomic mass is 32.2. The Morgan fingerprint density at radius 2 is 1.76 bits per heavy atom. The van der Waals surface area contributed by atoms with Crippen LogP contribution in [0.3, 0.4) is 0 Å². The Morgan fingerprint density at radius 1 is 1.00 bits per heavy atom. The van der Waals surface area contributed by atoms with Crippen LogP contribution in [0.1, 0.15) is 62.7 Å². The number of aliphatic hydroxyl groups excluding tert-OH is 1. The van der Waals surface area contributed by atoms with Gasteiger partial charge in [0, 0.05) is 38.1 Å². The van der Waals surface area contributed by atoms with Crippen molar-refractivity contribution in [3.8, 4) is 5.75 Å². The van der Waals surface area contributed by atoms with E-state index in [1.807, 2.05) is 6.07 Å². The fraction of sp³-hybridized carbons (Fsp3) is 0.448. The first-order chi connectivity index (χ1) is 19.7. The van der Waals surface area contributed by atoms with Gasteiger partial charge >= 0.3 is 5.97 Å². The van der Waals surface area contributed by atoms with Gasteiger partial charge in [-0.3, -0.25) is 9.59 Å². The number of aromatic nitrogens is 1. The van der Waals surface area contributed by atoms with E-state index in [0.29, 0.717) is 42.6 Å². The average molecular weight is 590 g/mol. The maximum Gasteiger partial charge on any atom is 0.323 e. The highest BCUT2D eigenvalue weighted by molar-refractivity contribution is 7.89. The van der Waals surface area contributed by atoms with Crippen molar-refractivity contribution in [3.05, 3.63) is 70.0 Å². The molecule has 0 bridgehead atoms. The van der Waals surface area contributed by atoms with Gasteiger partial charge in [-0.15, -0.1) is 0 Å². The number of aryl methyl sites for hydroxylation is 1. The van der Waals surface area contributed by atoms with Crippen LogP contribution in [-0.4, -0.2) is 55.9 Å². The molecule has 0 saturated carbocycles. The minimum atomic E-state index is -3.92. The van der Waals surface area contributed by atoms with E-state index in [1.165, 1.54) is 18.2 Å². The molecule has 1 atom stereocenters. The number of hydrogen-bond donors (Lipinski definition) is 5. The molecule has 5 N–H and O–H groups in total. The molecule has 0 spiro atoms. The number of aromatic amines is 1. The third-order valence-electron chi connectivity index (χ3n) is 6.50. The van der Waals surface area contributed by atoms with Crippen LogP contribution in [0, 0.1) is 0 Å². The van der Waals surface area contributed by atoms with Crippen LogP contribution in [0.25, 0.3) is 10.9 Å². The van der Waals surface area contributed by atoms with Crippen LogP contribution in [0.4, 0.5) is 0 Å². The number of H-pyrrole nitrogens is 1. The van der Waals surface area contributed by atoms with Crippen molar-refractivity contribution in [3.63, 3.8) is 0 Å². The number of unbranched alkanes of at least 4 members (excludes halogenated alkanes) is 4. The number of aromatic hydroxyl groups is 1. The molecule has 0 aliphatic rings. The first kappa shape index (κ1) is 32.2. The number of pyridine rings is 1. The van der Waals surface area contributed by atoms with Gasteiger partial charge in [0.15, 0.2) is 0 Å². The lowest BCUT2D eigenvalue weighted by Crippen LogP contribution is -2.26. The quantitative estimate of drug-likeness (QED) is 0.111. The van der Waals surface area contributed by atoms with E-state index in [-0.39, 0.29) is 16.2 Å². The summed E-state index contributed by atoms with van der Waals surface area (Å²) in [6, 6.07) is 12.6. The molecule has 224 valence electrons. The van der Waals surface area contributed by atoms with Crippen molar-refractivity contribution >= 4 is 26.9 Å². The number of fused-ring (bicyclic) bond motifs is 1. The lowest BCUT2D eigenvalue weighted by molar-refractivity contribution is -0.144. The number of rotatable bonds is 18. The van der Waals surface area contributed by atoms with Gasteiger partial charge in [-0.05, 0) is 72.5 Å². The number of nitrogens with one attached hydrogen (secondary N) is 3. The standard InChI is InChI=1S/C29H39N3O8S/c1-21(33)40-32-41(37,38)23-11-7-9-22(19-23)10-8-18-39-17-6-4-2-3-5-16-30-20-27(35)24-12-14-26(34)29-25(24)13-15-28(36)31-29/h7,9,11-15,19,27,30,32,34-35H,2-6,8,10,16-18,20H2,1H3,(H,31,36)/t27-/m1/s1. The number of phenols is 1. The Labute approximate surface area is 239 Å². The smallest absolute Gasteiger partial charge is 0.323 e.